The Kier molecular flexibility index (Phi) is 5.71. The van der Waals surface area contributed by atoms with Gasteiger partial charge in [-0.2, -0.15) is 26.3 Å². The van der Waals surface area contributed by atoms with Crippen molar-refractivity contribution in [1.29, 1.82) is 0 Å². The predicted octanol–water partition coefficient (Wildman–Crippen LogP) is 5.96. The second-order valence-electron chi connectivity index (χ2n) is 7.74. The minimum absolute atomic E-state index is 0.164. The highest BCUT2D eigenvalue weighted by Gasteiger charge is 2.74. The first kappa shape index (κ1) is 21.6. The van der Waals surface area contributed by atoms with Crippen LogP contribution in [0.25, 0.3) is 0 Å². The summed E-state index contributed by atoms with van der Waals surface area (Å²) in [5.41, 5.74) is -4.30. The number of rotatable bonds is 3. The van der Waals surface area contributed by atoms with Crippen LogP contribution in [0.1, 0.15) is 51.5 Å². The zero-order valence-corrected chi connectivity index (χ0v) is 16.2. The first-order valence-electron chi connectivity index (χ1n) is 9.65. The molecule has 0 atom stereocenters. The quantitative estimate of drug-likeness (QED) is 0.556. The van der Waals surface area contributed by atoms with Crippen molar-refractivity contribution in [3.8, 4) is 0 Å². The molecular formula is C20H23F6N3. The molecule has 0 saturated heterocycles. The molecule has 9 heteroatoms. The van der Waals surface area contributed by atoms with E-state index in [0.717, 1.165) is 19.3 Å². The van der Waals surface area contributed by atoms with Crippen molar-refractivity contribution >= 4 is 11.7 Å². The van der Waals surface area contributed by atoms with Crippen LogP contribution in [-0.2, 0) is 0 Å². The van der Waals surface area contributed by atoms with E-state index in [1.165, 1.54) is 17.0 Å². The van der Waals surface area contributed by atoms with Crippen LogP contribution in [-0.4, -0.2) is 40.6 Å². The molecule has 3 rings (SSSR count). The van der Waals surface area contributed by atoms with Gasteiger partial charge in [-0.15, -0.1) is 0 Å². The molecule has 1 saturated carbocycles. The third kappa shape index (κ3) is 3.88. The second kappa shape index (κ2) is 7.65. The largest absolute Gasteiger partial charge is 0.443 e. The molecule has 1 aliphatic carbocycles. The zero-order chi connectivity index (χ0) is 21.4. The average Bonchev–Trinajstić information content (AvgIpc) is 2.66. The Morgan fingerprint density at radius 3 is 1.93 bits per heavy atom. The predicted molar refractivity (Wildman–Crippen MR) is 98.8 cm³/mol. The van der Waals surface area contributed by atoms with Crippen LogP contribution in [0.2, 0.25) is 0 Å². The van der Waals surface area contributed by atoms with E-state index in [1.54, 1.807) is 32.0 Å². The fourth-order valence-corrected chi connectivity index (χ4v) is 3.92. The Bertz CT molecular complexity index is 760. The van der Waals surface area contributed by atoms with Crippen molar-refractivity contribution in [2.75, 3.05) is 0 Å². The van der Waals surface area contributed by atoms with Gasteiger partial charge in [0.15, 0.2) is 0 Å². The van der Waals surface area contributed by atoms with E-state index in [4.69, 9.17) is 0 Å². The highest BCUT2D eigenvalue weighted by molar-refractivity contribution is 6.11. The molecule has 0 spiro atoms. The van der Waals surface area contributed by atoms with Gasteiger partial charge in [-0.25, -0.2) is 9.98 Å². The van der Waals surface area contributed by atoms with Crippen LogP contribution in [0.5, 0.6) is 0 Å². The molecule has 0 bridgehead atoms. The Balaban J connectivity index is 2.29. The van der Waals surface area contributed by atoms with Gasteiger partial charge < -0.3 is 4.90 Å². The second-order valence-corrected chi connectivity index (χ2v) is 7.74. The van der Waals surface area contributed by atoms with Crippen molar-refractivity contribution in [1.82, 2.24) is 4.90 Å². The third-order valence-electron chi connectivity index (χ3n) is 5.33. The van der Waals surface area contributed by atoms with Gasteiger partial charge in [-0.1, -0.05) is 49.6 Å². The van der Waals surface area contributed by atoms with Crippen molar-refractivity contribution in [3.05, 3.63) is 35.9 Å². The summed E-state index contributed by atoms with van der Waals surface area (Å²) in [5.74, 6) is -0.974. The molecular weight excluding hydrogens is 396 g/mol. The van der Waals surface area contributed by atoms with Gasteiger partial charge >= 0.3 is 18.0 Å². The number of aliphatic imine (C=N–C) groups is 2. The van der Waals surface area contributed by atoms with Gasteiger partial charge in [0, 0.05) is 17.5 Å². The molecule has 160 valence electrons. The van der Waals surface area contributed by atoms with Crippen LogP contribution in [0.3, 0.4) is 0 Å². The number of hydrogen-bond acceptors (Lipinski definition) is 3. The summed E-state index contributed by atoms with van der Waals surface area (Å²) in [6.07, 6.45) is -8.00. The summed E-state index contributed by atoms with van der Waals surface area (Å²) < 4.78 is 83.4. The molecule has 0 unspecified atom stereocenters. The molecule has 0 N–H and O–H groups in total. The van der Waals surface area contributed by atoms with Crippen LogP contribution in [0.15, 0.2) is 40.3 Å². The first-order chi connectivity index (χ1) is 13.5. The maximum absolute atomic E-state index is 13.9. The molecule has 1 aliphatic heterocycles. The lowest BCUT2D eigenvalue weighted by Crippen LogP contribution is -2.61. The molecule has 0 radical (unpaired) electrons. The van der Waals surface area contributed by atoms with Gasteiger partial charge in [-0.05, 0) is 26.7 Å². The van der Waals surface area contributed by atoms with Gasteiger partial charge in [0.25, 0.3) is 0 Å². The summed E-state index contributed by atoms with van der Waals surface area (Å²) in [6, 6.07) is 7.29. The number of amidine groups is 2. The maximum Gasteiger partial charge on any atom is 0.443 e. The lowest BCUT2D eigenvalue weighted by Gasteiger charge is -2.43. The summed E-state index contributed by atoms with van der Waals surface area (Å²) in [5, 5.41) is 0. The average molecular weight is 419 g/mol. The SMILES string of the molecule is CC(C)N1C(c2ccccc2)=NC(C(F)(F)F)(C(F)(F)F)N=C1C1CCCCC1. The number of halogens is 6. The fraction of sp³-hybridized carbons (Fsp3) is 0.600. The molecule has 0 amide bonds. The third-order valence-corrected chi connectivity index (χ3v) is 5.33. The lowest BCUT2D eigenvalue weighted by molar-refractivity contribution is -0.293. The summed E-state index contributed by atoms with van der Waals surface area (Å²) in [7, 11) is 0. The van der Waals surface area contributed by atoms with Crippen LogP contribution in [0, 0.1) is 5.92 Å². The Hall–Kier alpha value is -2.06. The molecule has 2 aliphatic rings. The van der Waals surface area contributed by atoms with Crippen LogP contribution >= 0.6 is 0 Å². The van der Waals surface area contributed by atoms with Gasteiger partial charge in [0.05, 0.1) is 0 Å². The van der Waals surface area contributed by atoms with E-state index in [2.05, 4.69) is 9.98 Å². The minimum Gasteiger partial charge on any atom is -0.312 e. The number of hydrogen-bond donors (Lipinski definition) is 0. The molecule has 1 heterocycles. The van der Waals surface area contributed by atoms with Gasteiger partial charge in [-0.3, -0.25) is 0 Å². The minimum atomic E-state index is -5.71. The first-order valence-corrected chi connectivity index (χ1v) is 9.65. The van der Waals surface area contributed by atoms with E-state index >= 15 is 0 Å². The fourth-order valence-electron chi connectivity index (χ4n) is 3.92. The van der Waals surface area contributed by atoms with E-state index in [-0.39, 0.29) is 17.2 Å². The monoisotopic (exact) mass is 419 g/mol. The summed E-state index contributed by atoms with van der Waals surface area (Å²) in [6.45, 7) is 3.43. The van der Waals surface area contributed by atoms with Crippen LogP contribution in [0.4, 0.5) is 26.3 Å². The smallest absolute Gasteiger partial charge is 0.312 e. The zero-order valence-electron chi connectivity index (χ0n) is 16.2. The van der Waals surface area contributed by atoms with E-state index in [9.17, 15) is 26.3 Å². The lowest BCUT2D eigenvalue weighted by atomic mass is 9.86. The summed E-state index contributed by atoms with van der Waals surface area (Å²) >= 11 is 0. The van der Waals surface area contributed by atoms with E-state index < -0.39 is 30.0 Å². The Morgan fingerprint density at radius 1 is 0.897 bits per heavy atom. The maximum atomic E-state index is 13.9. The number of benzene rings is 1. The highest BCUT2D eigenvalue weighted by atomic mass is 19.4. The van der Waals surface area contributed by atoms with Crippen molar-refractivity contribution in [2.24, 2.45) is 15.9 Å². The van der Waals surface area contributed by atoms with E-state index in [0.29, 0.717) is 12.8 Å². The number of nitrogens with zero attached hydrogens (tertiary/aromatic N) is 3. The number of alkyl halides is 6. The molecule has 29 heavy (non-hydrogen) atoms. The molecule has 1 aromatic carbocycles. The molecule has 0 aromatic heterocycles. The molecule has 1 aromatic rings. The van der Waals surface area contributed by atoms with Crippen LogP contribution < -0.4 is 0 Å². The Labute approximate surface area is 165 Å². The molecule has 3 nitrogen and oxygen atoms in total. The van der Waals surface area contributed by atoms with Gasteiger partial charge in [0.2, 0.25) is 0 Å². The van der Waals surface area contributed by atoms with Gasteiger partial charge in [0.1, 0.15) is 11.7 Å². The van der Waals surface area contributed by atoms with E-state index in [1.807, 2.05) is 0 Å². The topological polar surface area (TPSA) is 28.0 Å². The summed E-state index contributed by atoms with van der Waals surface area (Å²) in [4.78, 5) is 8.09. The van der Waals surface area contributed by atoms with Crippen molar-refractivity contribution in [2.45, 2.75) is 70.0 Å². The standard InChI is InChI=1S/C20H23F6N3/c1-13(2)29-16(14-9-5-3-6-10-14)27-18(19(21,22)23,20(24,25)26)28-17(29)15-11-7-4-8-12-15/h3,5-6,9-10,13,15H,4,7-8,11-12H2,1-2H3. The van der Waals surface area contributed by atoms with Crippen molar-refractivity contribution in [3.63, 3.8) is 0 Å². The Morgan fingerprint density at radius 2 is 1.45 bits per heavy atom. The molecule has 1 fully saturated rings. The highest BCUT2D eigenvalue weighted by Crippen LogP contribution is 2.50. The van der Waals surface area contributed by atoms with Crippen molar-refractivity contribution < 1.29 is 26.3 Å². The normalized spacial score (nSPS) is 21.2.